The maximum absolute atomic E-state index is 13.2. The summed E-state index contributed by atoms with van der Waals surface area (Å²) in [5.74, 6) is -0.803. The van der Waals surface area contributed by atoms with Crippen molar-refractivity contribution in [1.82, 2.24) is 0 Å². The van der Waals surface area contributed by atoms with E-state index in [1.165, 1.54) is 16.2 Å². The van der Waals surface area contributed by atoms with Gasteiger partial charge in [0.05, 0.1) is 0 Å². The van der Waals surface area contributed by atoms with Crippen molar-refractivity contribution >= 4 is 48.4 Å². The Morgan fingerprint density at radius 2 is 1.09 bits per heavy atom. The molecule has 0 saturated carbocycles. The molecule has 4 aromatic carbocycles. The van der Waals surface area contributed by atoms with E-state index in [0.29, 0.717) is 12.8 Å². The summed E-state index contributed by atoms with van der Waals surface area (Å²) in [6, 6.07) is 40.3. The van der Waals surface area contributed by atoms with Gasteiger partial charge >= 0.3 is 17.7 Å². The molecule has 3 nitrogen and oxygen atoms in total. The minimum atomic E-state index is -5.09. The normalized spacial score (nSPS) is 16.0. The summed E-state index contributed by atoms with van der Waals surface area (Å²) in [5.41, 5.74) is 1.45. The van der Waals surface area contributed by atoms with Crippen LogP contribution in [-0.2, 0) is 19.7 Å². The molecule has 0 spiro atoms. The first kappa shape index (κ1) is 34.4. The predicted octanol–water partition coefficient (Wildman–Crippen LogP) is 8.92. The molecular weight excluding hydrogens is 643 g/mol. The first-order valence-electron chi connectivity index (χ1n) is 15.4. The number of alkyl halides is 3. The van der Waals surface area contributed by atoms with Crippen molar-refractivity contribution in [2.45, 2.75) is 56.4 Å². The Balaban J connectivity index is 1.57. The highest BCUT2D eigenvalue weighted by molar-refractivity contribution is 7.77. The molecule has 3 unspecified atom stereocenters. The van der Waals surface area contributed by atoms with Crippen LogP contribution in [0.1, 0.15) is 38.5 Å². The van der Waals surface area contributed by atoms with Crippen LogP contribution in [0.4, 0.5) is 13.2 Å². The van der Waals surface area contributed by atoms with E-state index in [1.54, 1.807) is 0 Å². The standard InChI is InChI=1S/C37H37F3O3P2S/c38-37(39,40)43-46(41)42-36(45(33-24-14-6-15-25-33)34-26-16-7-17-27-34)29-28-35(30-18-8-2-1-3-9-19-30)44(31-20-10-4-11-21-31)32-22-12-5-13-23-32/h1-2,4-7,10-17,19-27,35-36H,3,8-9,18,28-29H2. The Labute approximate surface area is 274 Å². The average Bonchev–Trinajstić information content (AvgIpc) is 3.04. The topological polar surface area (TPSA) is 35.5 Å². The van der Waals surface area contributed by atoms with E-state index >= 15 is 0 Å². The first-order valence-corrected chi connectivity index (χ1v) is 19.2. The van der Waals surface area contributed by atoms with E-state index in [0.717, 1.165) is 36.3 Å². The SMILES string of the molecule is O=S(OC(CCC(C1=CCCC=CCC1)P(c1ccccc1)c1ccccc1)P(c1ccccc1)c1ccccc1)OC(F)(F)F. The van der Waals surface area contributed by atoms with Gasteiger partial charge in [-0.3, -0.25) is 4.18 Å². The van der Waals surface area contributed by atoms with E-state index in [4.69, 9.17) is 4.18 Å². The number of benzene rings is 4. The molecule has 46 heavy (non-hydrogen) atoms. The largest absolute Gasteiger partial charge is 0.537 e. The molecule has 0 bridgehead atoms. The third-order valence-corrected chi connectivity index (χ3v) is 14.1. The number of halogens is 3. The number of allylic oxidation sites excluding steroid dienone is 4. The van der Waals surface area contributed by atoms with E-state index in [9.17, 15) is 17.4 Å². The molecule has 0 fully saturated rings. The van der Waals surface area contributed by atoms with Crippen LogP contribution in [0, 0.1) is 0 Å². The average molecular weight is 681 g/mol. The van der Waals surface area contributed by atoms with Crippen LogP contribution in [0.2, 0.25) is 0 Å². The Kier molecular flexibility index (Phi) is 12.9. The zero-order valence-corrected chi connectivity index (χ0v) is 27.9. The molecule has 1 aliphatic rings. The minimum Gasteiger partial charge on any atom is -0.260 e. The van der Waals surface area contributed by atoms with E-state index in [2.05, 4.69) is 70.9 Å². The fraction of sp³-hybridized carbons (Fsp3) is 0.243. The lowest BCUT2D eigenvalue weighted by Gasteiger charge is -2.34. The summed E-state index contributed by atoms with van der Waals surface area (Å²) < 4.78 is 62.1. The van der Waals surface area contributed by atoms with Crippen molar-refractivity contribution in [2.24, 2.45) is 0 Å². The van der Waals surface area contributed by atoms with Gasteiger partial charge in [-0.1, -0.05) is 145 Å². The predicted molar refractivity (Wildman–Crippen MR) is 187 cm³/mol. The van der Waals surface area contributed by atoms with E-state index in [1.807, 2.05) is 72.8 Å². The molecule has 240 valence electrons. The minimum absolute atomic E-state index is 0.0952. The second-order valence-corrected chi connectivity index (χ2v) is 16.3. The fourth-order valence-electron chi connectivity index (χ4n) is 5.79. The van der Waals surface area contributed by atoms with E-state index in [-0.39, 0.29) is 5.66 Å². The van der Waals surface area contributed by atoms with Crippen molar-refractivity contribution in [3.05, 3.63) is 145 Å². The maximum Gasteiger partial charge on any atom is 0.537 e. The highest BCUT2D eigenvalue weighted by atomic mass is 32.2. The zero-order valence-electron chi connectivity index (χ0n) is 25.3. The van der Waals surface area contributed by atoms with Gasteiger partial charge in [-0.05, 0) is 75.6 Å². The van der Waals surface area contributed by atoms with Gasteiger partial charge in [0.15, 0.2) is 0 Å². The third kappa shape index (κ3) is 10.0. The van der Waals surface area contributed by atoms with Crippen LogP contribution in [0.3, 0.4) is 0 Å². The molecule has 0 saturated heterocycles. The number of hydrogen-bond acceptors (Lipinski definition) is 3. The summed E-state index contributed by atoms with van der Waals surface area (Å²) in [6.07, 6.45) is 6.50. The van der Waals surface area contributed by atoms with Crippen LogP contribution in [0.15, 0.2) is 145 Å². The molecule has 5 rings (SSSR count). The molecule has 0 aliphatic heterocycles. The van der Waals surface area contributed by atoms with Crippen molar-refractivity contribution in [1.29, 1.82) is 0 Å². The highest BCUT2D eigenvalue weighted by Crippen LogP contribution is 2.50. The van der Waals surface area contributed by atoms with Gasteiger partial charge in [0.1, 0.15) is 5.85 Å². The molecule has 0 aromatic heterocycles. The molecule has 0 amide bonds. The quantitative estimate of drug-likeness (QED) is 0.105. The molecule has 4 aromatic rings. The van der Waals surface area contributed by atoms with Crippen LogP contribution in [0.25, 0.3) is 0 Å². The second kappa shape index (κ2) is 17.3. The van der Waals surface area contributed by atoms with Gasteiger partial charge in [0.2, 0.25) is 0 Å². The van der Waals surface area contributed by atoms with Gasteiger partial charge in [0, 0.05) is 5.66 Å². The Hall–Kier alpha value is -2.92. The van der Waals surface area contributed by atoms with Crippen LogP contribution in [0.5, 0.6) is 0 Å². The van der Waals surface area contributed by atoms with Gasteiger partial charge in [0.25, 0.3) is 0 Å². The van der Waals surface area contributed by atoms with E-state index < -0.39 is 39.4 Å². The maximum atomic E-state index is 13.2. The molecule has 0 radical (unpaired) electrons. The summed E-state index contributed by atoms with van der Waals surface area (Å²) in [7, 11) is -2.25. The van der Waals surface area contributed by atoms with Crippen LogP contribution < -0.4 is 21.2 Å². The highest BCUT2D eigenvalue weighted by Gasteiger charge is 2.37. The summed E-state index contributed by atoms with van der Waals surface area (Å²) in [4.78, 5) is 0. The summed E-state index contributed by atoms with van der Waals surface area (Å²) in [5, 5.41) is 4.33. The van der Waals surface area contributed by atoms with Crippen LogP contribution in [-0.4, -0.2) is 22.1 Å². The molecule has 1 aliphatic carbocycles. The lowest BCUT2D eigenvalue weighted by Crippen LogP contribution is -2.29. The lowest BCUT2D eigenvalue weighted by molar-refractivity contribution is -0.273. The molecule has 0 heterocycles. The fourth-order valence-corrected chi connectivity index (χ4v) is 12.2. The van der Waals surface area contributed by atoms with Crippen molar-refractivity contribution < 1.29 is 25.7 Å². The molecule has 0 N–H and O–H groups in total. The number of hydrogen-bond donors (Lipinski definition) is 0. The first-order chi connectivity index (χ1) is 22.4. The van der Waals surface area contributed by atoms with Crippen molar-refractivity contribution in [3.8, 4) is 0 Å². The molecule has 3 atom stereocenters. The van der Waals surface area contributed by atoms with Gasteiger partial charge < -0.3 is 0 Å². The zero-order chi connectivity index (χ0) is 32.2. The Morgan fingerprint density at radius 3 is 1.57 bits per heavy atom. The Bertz CT molecular complexity index is 1490. The molecule has 9 heteroatoms. The van der Waals surface area contributed by atoms with Gasteiger partial charge in [-0.15, -0.1) is 13.2 Å². The smallest absolute Gasteiger partial charge is 0.260 e. The lowest BCUT2D eigenvalue weighted by atomic mass is 9.99. The van der Waals surface area contributed by atoms with Crippen molar-refractivity contribution in [2.75, 3.05) is 0 Å². The number of rotatable bonds is 13. The Morgan fingerprint density at radius 1 is 0.630 bits per heavy atom. The van der Waals surface area contributed by atoms with Gasteiger partial charge in [-0.2, -0.15) is 8.39 Å². The summed E-state index contributed by atoms with van der Waals surface area (Å²) in [6.45, 7) is 0. The second-order valence-electron chi connectivity index (χ2n) is 10.8. The van der Waals surface area contributed by atoms with Crippen molar-refractivity contribution in [3.63, 3.8) is 0 Å². The summed E-state index contributed by atoms with van der Waals surface area (Å²) >= 11 is -3.02. The monoisotopic (exact) mass is 680 g/mol. The van der Waals surface area contributed by atoms with Crippen LogP contribution >= 0.6 is 15.8 Å². The molecular formula is C37H37F3O3P2S. The van der Waals surface area contributed by atoms with Gasteiger partial charge in [-0.25, -0.2) is 0 Å². The third-order valence-electron chi connectivity index (χ3n) is 7.71.